The fourth-order valence-electron chi connectivity index (χ4n) is 1.10. The van der Waals surface area contributed by atoms with E-state index < -0.39 is 12.1 Å². The summed E-state index contributed by atoms with van der Waals surface area (Å²) in [5, 5.41) is 10.1. The summed E-state index contributed by atoms with van der Waals surface area (Å²) in [4.78, 5) is 10.1. The number of carbonyl (C=O) groups excluding carboxylic acids is 1. The molecule has 2 rings (SSSR count). The normalized spacial score (nSPS) is 36.4. The van der Waals surface area contributed by atoms with Gasteiger partial charge in [0.15, 0.2) is 0 Å². The SMILES string of the molecule is O=C([O-])C1OC1C1CC1.[Li+]. The summed E-state index contributed by atoms with van der Waals surface area (Å²) in [6.45, 7) is 0. The minimum atomic E-state index is -1.05. The van der Waals surface area contributed by atoms with Crippen LogP contribution >= 0.6 is 0 Å². The van der Waals surface area contributed by atoms with Crippen LogP contribution in [0.5, 0.6) is 0 Å². The summed E-state index contributed by atoms with van der Waals surface area (Å²) in [6.07, 6.45) is 1.70. The molecule has 0 aromatic heterocycles. The van der Waals surface area contributed by atoms with Crippen molar-refractivity contribution in [3.8, 4) is 0 Å². The first-order valence-electron chi connectivity index (χ1n) is 3.15. The van der Waals surface area contributed by atoms with Gasteiger partial charge in [-0.3, -0.25) is 0 Å². The van der Waals surface area contributed by atoms with Crippen LogP contribution in [0, 0.1) is 5.92 Å². The molecule has 0 N–H and O–H groups in total. The van der Waals surface area contributed by atoms with Crippen LogP contribution in [-0.4, -0.2) is 18.2 Å². The van der Waals surface area contributed by atoms with Gasteiger partial charge in [-0.25, -0.2) is 0 Å². The summed E-state index contributed by atoms with van der Waals surface area (Å²) in [6, 6.07) is 0. The largest absolute Gasteiger partial charge is 1.00 e. The molecule has 0 radical (unpaired) electrons. The molecule has 1 aliphatic carbocycles. The second kappa shape index (κ2) is 2.58. The van der Waals surface area contributed by atoms with E-state index in [0.717, 1.165) is 12.8 Å². The van der Waals surface area contributed by atoms with E-state index in [4.69, 9.17) is 4.74 Å². The smallest absolute Gasteiger partial charge is 0.547 e. The molecule has 0 spiro atoms. The minimum Gasteiger partial charge on any atom is -0.547 e. The second-order valence-corrected chi connectivity index (χ2v) is 2.68. The minimum absolute atomic E-state index is 0. The van der Waals surface area contributed by atoms with Crippen LogP contribution in [0.15, 0.2) is 0 Å². The maximum absolute atomic E-state index is 10.1. The number of rotatable bonds is 2. The fourth-order valence-corrected chi connectivity index (χ4v) is 1.10. The quantitative estimate of drug-likeness (QED) is 0.285. The number of carboxylic acids is 1. The molecule has 2 atom stereocenters. The summed E-state index contributed by atoms with van der Waals surface area (Å²) in [5.74, 6) is -0.514. The average Bonchev–Trinajstić information content (AvgIpc) is 2.60. The number of carboxylic acid groups (broad SMARTS) is 1. The van der Waals surface area contributed by atoms with Crippen LogP contribution in [0.4, 0.5) is 0 Å². The first-order valence-corrected chi connectivity index (χ1v) is 3.15. The molecule has 0 aromatic carbocycles. The molecule has 0 bridgehead atoms. The van der Waals surface area contributed by atoms with Crippen molar-refractivity contribution in [2.75, 3.05) is 0 Å². The number of carbonyl (C=O) groups is 1. The number of epoxide rings is 1. The molecule has 0 amide bonds. The van der Waals surface area contributed by atoms with E-state index in [0.29, 0.717) is 5.92 Å². The van der Waals surface area contributed by atoms with Gasteiger partial charge in [-0.2, -0.15) is 0 Å². The Morgan fingerprint density at radius 1 is 1.50 bits per heavy atom. The van der Waals surface area contributed by atoms with Gasteiger partial charge in [0.25, 0.3) is 0 Å². The topological polar surface area (TPSA) is 52.7 Å². The van der Waals surface area contributed by atoms with Crippen LogP contribution in [0.1, 0.15) is 12.8 Å². The van der Waals surface area contributed by atoms with Crippen molar-refractivity contribution in [1.29, 1.82) is 0 Å². The number of hydrogen-bond acceptors (Lipinski definition) is 3. The number of ether oxygens (including phenoxy) is 1. The van der Waals surface area contributed by atoms with E-state index >= 15 is 0 Å². The Balaban J connectivity index is 0.000000500. The van der Waals surface area contributed by atoms with Gasteiger partial charge in [0.1, 0.15) is 6.10 Å². The molecule has 2 aliphatic rings. The van der Waals surface area contributed by atoms with Crippen molar-refractivity contribution in [3.05, 3.63) is 0 Å². The third-order valence-electron chi connectivity index (χ3n) is 1.84. The van der Waals surface area contributed by atoms with Gasteiger partial charge in [-0.15, -0.1) is 0 Å². The molecular weight excluding hydrogens is 127 g/mol. The van der Waals surface area contributed by atoms with Crippen molar-refractivity contribution in [1.82, 2.24) is 0 Å². The Morgan fingerprint density at radius 2 is 2.10 bits per heavy atom. The molecule has 10 heavy (non-hydrogen) atoms. The fraction of sp³-hybridized carbons (Fsp3) is 0.833. The first-order chi connectivity index (χ1) is 4.29. The standard InChI is InChI=1S/C6H8O3.Li/c7-6(8)5-4(9-5)3-1-2-3;/h3-5H,1-2H2,(H,7,8);/q;+1/p-1. The Kier molecular flexibility index (Phi) is 2.09. The summed E-state index contributed by atoms with van der Waals surface area (Å²) in [7, 11) is 0. The van der Waals surface area contributed by atoms with E-state index in [1.165, 1.54) is 0 Å². The molecule has 2 fully saturated rings. The maximum atomic E-state index is 10.1. The summed E-state index contributed by atoms with van der Waals surface area (Å²) in [5.41, 5.74) is 0. The van der Waals surface area contributed by atoms with Gasteiger partial charge in [0.05, 0.1) is 12.1 Å². The van der Waals surface area contributed by atoms with Gasteiger partial charge in [0.2, 0.25) is 0 Å². The summed E-state index contributed by atoms with van der Waals surface area (Å²) < 4.78 is 4.84. The van der Waals surface area contributed by atoms with Crippen LogP contribution in [-0.2, 0) is 9.53 Å². The Labute approximate surface area is 70.9 Å². The molecule has 1 heterocycles. The Hall–Kier alpha value is 0.0274. The van der Waals surface area contributed by atoms with Crippen LogP contribution in [0.2, 0.25) is 0 Å². The molecule has 0 aromatic rings. The van der Waals surface area contributed by atoms with Crippen molar-refractivity contribution in [3.63, 3.8) is 0 Å². The zero-order valence-corrected chi connectivity index (χ0v) is 5.87. The first kappa shape index (κ1) is 8.13. The zero-order valence-electron chi connectivity index (χ0n) is 5.87. The van der Waals surface area contributed by atoms with Gasteiger partial charge < -0.3 is 14.6 Å². The van der Waals surface area contributed by atoms with Crippen molar-refractivity contribution in [2.24, 2.45) is 5.92 Å². The molecule has 3 nitrogen and oxygen atoms in total. The van der Waals surface area contributed by atoms with E-state index in [-0.39, 0.29) is 25.0 Å². The molecule has 2 unspecified atom stereocenters. The van der Waals surface area contributed by atoms with Gasteiger partial charge in [-0.05, 0) is 18.8 Å². The number of hydrogen-bond donors (Lipinski definition) is 0. The Bertz CT molecular complexity index is 155. The van der Waals surface area contributed by atoms with E-state index in [1.807, 2.05) is 0 Å². The van der Waals surface area contributed by atoms with E-state index in [9.17, 15) is 9.90 Å². The average molecular weight is 134 g/mol. The molecule has 1 aliphatic heterocycles. The monoisotopic (exact) mass is 134 g/mol. The second-order valence-electron chi connectivity index (χ2n) is 2.68. The van der Waals surface area contributed by atoms with Gasteiger partial charge >= 0.3 is 18.9 Å². The van der Waals surface area contributed by atoms with Crippen molar-refractivity contribution >= 4 is 5.97 Å². The molecule has 1 saturated carbocycles. The van der Waals surface area contributed by atoms with Crippen molar-refractivity contribution < 1.29 is 33.5 Å². The van der Waals surface area contributed by atoms with E-state index in [1.54, 1.807) is 0 Å². The summed E-state index contributed by atoms with van der Waals surface area (Å²) >= 11 is 0. The third-order valence-corrected chi connectivity index (χ3v) is 1.84. The predicted molar refractivity (Wildman–Crippen MR) is 26.4 cm³/mol. The van der Waals surface area contributed by atoms with Crippen LogP contribution < -0.4 is 24.0 Å². The third kappa shape index (κ3) is 1.37. The molecule has 4 heteroatoms. The van der Waals surface area contributed by atoms with Crippen LogP contribution in [0.3, 0.4) is 0 Å². The van der Waals surface area contributed by atoms with E-state index in [2.05, 4.69) is 0 Å². The maximum Gasteiger partial charge on any atom is 1.00 e. The zero-order chi connectivity index (χ0) is 6.43. The van der Waals surface area contributed by atoms with Gasteiger partial charge in [0, 0.05) is 0 Å². The number of aliphatic carboxylic acids is 1. The molecular formula is C6H7LiO3. The van der Waals surface area contributed by atoms with Crippen LogP contribution in [0.25, 0.3) is 0 Å². The van der Waals surface area contributed by atoms with Crippen molar-refractivity contribution in [2.45, 2.75) is 25.0 Å². The predicted octanol–water partition coefficient (Wildman–Crippen LogP) is -4.08. The molecule has 50 valence electrons. The Morgan fingerprint density at radius 3 is 2.40 bits per heavy atom. The molecule has 1 saturated heterocycles. The van der Waals surface area contributed by atoms with Gasteiger partial charge in [-0.1, -0.05) is 0 Å².